The zero-order valence-corrected chi connectivity index (χ0v) is 11.4. The summed E-state index contributed by atoms with van der Waals surface area (Å²) in [5.41, 5.74) is -1.18. The summed E-state index contributed by atoms with van der Waals surface area (Å²) in [5.74, 6) is -0.783. The monoisotopic (exact) mass is 319 g/mol. The summed E-state index contributed by atoms with van der Waals surface area (Å²) in [5, 5.41) is 9.35. The van der Waals surface area contributed by atoms with Crippen LogP contribution in [0.3, 0.4) is 0 Å². The summed E-state index contributed by atoms with van der Waals surface area (Å²) in [4.78, 5) is 11.7. The topological polar surface area (TPSA) is 67.9 Å². The molecule has 1 aromatic heterocycles. The molecule has 112 valence electrons. The van der Waals surface area contributed by atoms with Crippen LogP contribution >= 0.6 is 11.6 Å². The number of carbonyl (C=O) groups excluding carboxylic acids is 1. The van der Waals surface area contributed by atoms with Gasteiger partial charge in [0, 0.05) is 10.6 Å². The zero-order chi connectivity index (χ0) is 15.6. The SMILES string of the molecule is CCOC(=O)c1n[nH]nc1-c1cc(Cl)cc(C(F)(F)F)c1. The summed E-state index contributed by atoms with van der Waals surface area (Å²) in [6.45, 7) is 1.70. The lowest BCUT2D eigenvalue weighted by atomic mass is 10.1. The number of rotatable bonds is 3. The Hall–Kier alpha value is -2.09. The summed E-state index contributed by atoms with van der Waals surface area (Å²) >= 11 is 5.69. The van der Waals surface area contributed by atoms with Crippen molar-refractivity contribution in [3.8, 4) is 11.3 Å². The lowest BCUT2D eigenvalue weighted by molar-refractivity contribution is -0.137. The molecule has 0 saturated carbocycles. The molecule has 2 aromatic rings. The van der Waals surface area contributed by atoms with Gasteiger partial charge < -0.3 is 4.74 Å². The first-order valence-electron chi connectivity index (χ1n) is 5.79. The molecule has 0 radical (unpaired) electrons. The van der Waals surface area contributed by atoms with E-state index in [2.05, 4.69) is 15.4 Å². The van der Waals surface area contributed by atoms with Crippen LogP contribution in [0.1, 0.15) is 23.0 Å². The molecule has 0 bridgehead atoms. The Kier molecular flexibility index (Phi) is 4.17. The molecule has 1 N–H and O–H groups in total. The van der Waals surface area contributed by atoms with E-state index in [0.717, 1.165) is 12.1 Å². The molecule has 0 unspecified atom stereocenters. The molecule has 0 saturated heterocycles. The van der Waals surface area contributed by atoms with E-state index >= 15 is 0 Å². The third-order valence-electron chi connectivity index (χ3n) is 2.52. The van der Waals surface area contributed by atoms with Crippen molar-refractivity contribution in [1.82, 2.24) is 15.4 Å². The van der Waals surface area contributed by atoms with Crippen LogP contribution in [-0.4, -0.2) is 28.0 Å². The number of alkyl halides is 3. The van der Waals surface area contributed by atoms with E-state index < -0.39 is 17.7 Å². The molecular weight excluding hydrogens is 311 g/mol. The van der Waals surface area contributed by atoms with Crippen LogP contribution in [0, 0.1) is 0 Å². The maximum atomic E-state index is 12.8. The van der Waals surface area contributed by atoms with Crippen LogP contribution in [0.25, 0.3) is 11.3 Å². The van der Waals surface area contributed by atoms with Crippen LogP contribution < -0.4 is 0 Å². The number of aromatic nitrogens is 3. The molecule has 0 spiro atoms. The van der Waals surface area contributed by atoms with E-state index in [0.29, 0.717) is 0 Å². The number of aromatic amines is 1. The van der Waals surface area contributed by atoms with Gasteiger partial charge in [0.1, 0.15) is 5.69 Å². The summed E-state index contributed by atoms with van der Waals surface area (Å²) in [7, 11) is 0. The van der Waals surface area contributed by atoms with E-state index in [-0.39, 0.29) is 28.6 Å². The highest BCUT2D eigenvalue weighted by Gasteiger charge is 2.32. The Morgan fingerprint density at radius 1 is 1.33 bits per heavy atom. The Labute approximate surface area is 122 Å². The molecule has 1 heterocycles. The van der Waals surface area contributed by atoms with Gasteiger partial charge in [0.05, 0.1) is 12.2 Å². The van der Waals surface area contributed by atoms with E-state index in [1.165, 1.54) is 6.07 Å². The van der Waals surface area contributed by atoms with Gasteiger partial charge in [-0.1, -0.05) is 11.6 Å². The van der Waals surface area contributed by atoms with E-state index in [1.54, 1.807) is 6.92 Å². The largest absolute Gasteiger partial charge is 0.461 e. The zero-order valence-electron chi connectivity index (χ0n) is 10.7. The first-order chi connectivity index (χ1) is 9.82. The fourth-order valence-electron chi connectivity index (χ4n) is 1.66. The minimum Gasteiger partial charge on any atom is -0.461 e. The van der Waals surface area contributed by atoms with Gasteiger partial charge in [-0.15, -0.1) is 5.10 Å². The second-order valence-electron chi connectivity index (χ2n) is 3.97. The van der Waals surface area contributed by atoms with Crippen molar-refractivity contribution < 1.29 is 22.7 Å². The maximum absolute atomic E-state index is 12.8. The van der Waals surface area contributed by atoms with Crippen molar-refractivity contribution in [2.75, 3.05) is 6.61 Å². The molecular formula is C12H9ClF3N3O2. The van der Waals surface area contributed by atoms with Crippen LogP contribution in [0.2, 0.25) is 5.02 Å². The number of hydrogen-bond donors (Lipinski definition) is 1. The average molecular weight is 320 g/mol. The lowest BCUT2D eigenvalue weighted by Gasteiger charge is -2.09. The Bertz CT molecular complexity index is 670. The van der Waals surface area contributed by atoms with Crippen LogP contribution in [0.4, 0.5) is 13.2 Å². The number of carbonyl (C=O) groups is 1. The summed E-state index contributed by atoms with van der Waals surface area (Å²) in [6, 6.07) is 2.89. The Morgan fingerprint density at radius 3 is 2.67 bits per heavy atom. The quantitative estimate of drug-likeness (QED) is 0.881. The molecule has 9 heteroatoms. The van der Waals surface area contributed by atoms with Crippen LogP contribution in [0.15, 0.2) is 18.2 Å². The van der Waals surface area contributed by atoms with Gasteiger partial charge in [0.15, 0.2) is 5.69 Å². The first-order valence-corrected chi connectivity index (χ1v) is 6.16. The fourth-order valence-corrected chi connectivity index (χ4v) is 1.90. The lowest BCUT2D eigenvalue weighted by Crippen LogP contribution is -2.08. The van der Waals surface area contributed by atoms with Crippen molar-refractivity contribution in [2.24, 2.45) is 0 Å². The van der Waals surface area contributed by atoms with E-state index in [9.17, 15) is 18.0 Å². The second kappa shape index (κ2) is 5.72. The van der Waals surface area contributed by atoms with Gasteiger partial charge in [-0.3, -0.25) is 0 Å². The normalized spacial score (nSPS) is 11.5. The summed E-state index contributed by atoms with van der Waals surface area (Å²) < 4.78 is 43.1. The predicted molar refractivity (Wildman–Crippen MR) is 67.8 cm³/mol. The van der Waals surface area contributed by atoms with E-state index in [1.807, 2.05) is 0 Å². The number of esters is 1. The van der Waals surface area contributed by atoms with Gasteiger partial charge in [0.2, 0.25) is 0 Å². The highest BCUT2D eigenvalue weighted by Crippen LogP contribution is 2.34. The van der Waals surface area contributed by atoms with Gasteiger partial charge in [-0.2, -0.15) is 23.5 Å². The van der Waals surface area contributed by atoms with Crippen molar-refractivity contribution in [3.63, 3.8) is 0 Å². The number of hydrogen-bond acceptors (Lipinski definition) is 4. The fraction of sp³-hybridized carbons (Fsp3) is 0.250. The van der Waals surface area contributed by atoms with Crippen molar-refractivity contribution in [3.05, 3.63) is 34.5 Å². The predicted octanol–water partition coefficient (Wildman–Crippen LogP) is 3.32. The van der Waals surface area contributed by atoms with Crippen LogP contribution in [-0.2, 0) is 10.9 Å². The third-order valence-corrected chi connectivity index (χ3v) is 2.73. The molecule has 0 atom stereocenters. The van der Waals surface area contributed by atoms with Gasteiger partial charge in [0.25, 0.3) is 0 Å². The minimum atomic E-state index is -4.56. The van der Waals surface area contributed by atoms with E-state index in [4.69, 9.17) is 16.3 Å². The molecule has 5 nitrogen and oxygen atoms in total. The highest BCUT2D eigenvalue weighted by atomic mass is 35.5. The number of nitrogens with zero attached hydrogens (tertiary/aromatic N) is 2. The highest BCUT2D eigenvalue weighted by molar-refractivity contribution is 6.31. The molecule has 0 aliphatic rings. The molecule has 21 heavy (non-hydrogen) atoms. The summed E-state index contributed by atoms with van der Waals surface area (Å²) in [6.07, 6.45) is -4.56. The number of benzene rings is 1. The van der Waals surface area contributed by atoms with Gasteiger partial charge in [-0.05, 0) is 25.1 Å². The minimum absolute atomic E-state index is 0.0200. The molecule has 0 fully saturated rings. The van der Waals surface area contributed by atoms with Gasteiger partial charge in [-0.25, -0.2) is 4.79 Å². The Balaban J connectivity index is 2.51. The number of halogens is 4. The number of H-pyrrole nitrogens is 1. The second-order valence-corrected chi connectivity index (χ2v) is 4.40. The van der Waals surface area contributed by atoms with Crippen molar-refractivity contribution >= 4 is 17.6 Å². The van der Waals surface area contributed by atoms with Gasteiger partial charge >= 0.3 is 12.1 Å². The smallest absolute Gasteiger partial charge is 0.416 e. The standard InChI is InChI=1S/C12H9ClF3N3O2/c1-2-21-11(20)10-9(17-19-18-10)6-3-7(12(14,15)16)5-8(13)4-6/h3-5H,2H2,1H3,(H,17,18,19). The molecule has 2 rings (SSSR count). The molecule has 0 aliphatic heterocycles. The Morgan fingerprint density at radius 2 is 2.05 bits per heavy atom. The molecule has 0 amide bonds. The maximum Gasteiger partial charge on any atom is 0.416 e. The van der Waals surface area contributed by atoms with Crippen molar-refractivity contribution in [2.45, 2.75) is 13.1 Å². The molecule has 0 aliphatic carbocycles. The van der Waals surface area contributed by atoms with Crippen molar-refractivity contribution in [1.29, 1.82) is 0 Å². The number of nitrogens with one attached hydrogen (secondary N) is 1. The van der Waals surface area contributed by atoms with Crippen LogP contribution in [0.5, 0.6) is 0 Å². The molecule has 1 aromatic carbocycles. The third kappa shape index (κ3) is 3.33. The number of ether oxygens (including phenoxy) is 1. The first kappa shape index (κ1) is 15.3. The average Bonchev–Trinajstić information content (AvgIpc) is 2.86.